The maximum absolute atomic E-state index is 14.2. The summed E-state index contributed by atoms with van der Waals surface area (Å²) in [4.78, 5) is 29.1. The fraction of sp³-hybridized carbons (Fsp3) is 0.355. The topological polar surface area (TPSA) is 86.8 Å². The molecule has 7 nitrogen and oxygen atoms in total. The molecule has 0 aliphatic heterocycles. The number of hydrogen-bond acceptors (Lipinski definition) is 4. The number of carbonyl (C=O) groups is 2. The number of rotatable bonds is 10. The molecule has 0 saturated heterocycles. The summed E-state index contributed by atoms with van der Waals surface area (Å²) in [5.74, 6) is -0.883. The summed E-state index contributed by atoms with van der Waals surface area (Å²) < 4.78 is 29.0. The van der Waals surface area contributed by atoms with Gasteiger partial charge in [0, 0.05) is 17.1 Å². The Morgan fingerprint density at radius 1 is 0.951 bits per heavy atom. The van der Waals surface area contributed by atoms with Gasteiger partial charge >= 0.3 is 0 Å². The van der Waals surface area contributed by atoms with Crippen molar-refractivity contribution in [2.45, 2.75) is 71.0 Å². The number of hydrogen-bond donors (Lipinski definition) is 1. The van der Waals surface area contributed by atoms with E-state index < -0.39 is 34.1 Å². The van der Waals surface area contributed by atoms with Gasteiger partial charge in [-0.1, -0.05) is 72.1 Å². The predicted octanol–water partition coefficient (Wildman–Crippen LogP) is 6.53. The number of nitrogens with zero attached hydrogens (tertiary/aromatic N) is 2. The van der Waals surface area contributed by atoms with Crippen molar-refractivity contribution >= 4 is 50.7 Å². The number of amides is 2. The molecule has 3 rings (SSSR count). The van der Waals surface area contributed by atoms with Gasteiger partial charge < -0.3 is 10.2 Å². The van der Waals surface area contributed by atoms with Crippen LogP contribution < -0.4 is 9.62 Å². The highest BCUT2D eigenvalue weighted by Crippen LogP contribution is 2.33. The average molecular weight is 619 g/mol. The van der Waals surface area contributed by atoms with E-state index in [0.717, 1.165) is 21.0 Å². The zero-order chi connectivity index (χ0) is 30.5. The lowest BCUT2D eigenvalue weighted by Gasteiger charge is -2.35. The van der Waals surface area contributed by atoms with E-state index >= 15 is 0 Å². The molecule has 3 aromatic rings. The fourth-order valence-corrected chi connectivity index (χ4v) is 6.23. The first-order valence-corrected chi connectivity index (χ1v) is 15.5. The standard InChI is InChI=1S/C31H37Cl2N3O4S/c1-7-27(30(38)34-31(4,5)6)35(19-23-11-9-8-10-22(23)3)29(37)20-36(28-18-24(32)14-17-26(28)33)41(39,40)25-15-12-21(2)13-16-25/h8-18,27H,7,19-20H2,1-6H3,(H,34,38)/t27-/m1/s1. The molecule has 0 fully saturated rings. The SMILES string of the molecule is CC[C@H](C(=O)NC(C)(C)C)N(Cc1ccccc1C)C(=O)CN(c1cc(Cl)ccc1Cl)S(=O)(=O)c1ccc(C)cc1. The third-order valence-electron chi connectivity index (χ3n) is 6.55. The van der Waals surface area contributed by atoms with Gasteiger partial charge in [-0.3, -0.25) is 13.9 Å². The quantitative estimate of drug-likeness (QED) is 0.280. The number of sulfonamides is 1. The summed E-state index contributed by atoms with van der Waals surface area (Å²) in [6.45, 7) is 10.7. The molecule has 3 aromatic carbocycles. The molecular formula is C31H37Cl2N3O4S. The van der Waals surface area contributed by atoms with Crippen molar-refractivity contribution in [2.75, 3.05) is 10.8 Å². The van der Waals surface area contributed by atoms with E-state index in [1.807, 2.05) is 65.8 Å². The van der Waals surface area contributed by atoms with Crippen molar-refractivity contribution in [3.05, 3.63) is 93.5 Å². The molecule has 2 amide bonds. The molecule has 0 unspecified atom stereocenters. The van der Waals surface area contributed by atoms with Gasteiger partial charge in [0.25, 0.3) is 10.0 Å². The molecule has 0 spiro atoms. The number of benzene rings is 3. The molecule has 1 atom stereocenters. The highest BCUT2D eigenvalue weighted by molar-refractivity contribution is 7.92. The molecule has 0 heterocycles. The first-order chi connectivity index (χ1) is 19.1. The van der Waals surface area contributed by atoms with Gasteiger partial charge in [0.15, 0.2) is 0 Å². The number of halogens is 2. The Kier molecular flexibility index (Phi) is 10.5. The lowest BCUT2D eigenvalue weighted by Crippen LogP contribution is -2.55. The largest absolute Gasteiger partial charge is 0.350 e. The van der Waals surface area contributed by atoms with Crippen molar-refractivity contribution in [1.29, 1.82) is 0 Å². The van der Waals surface area contributed by atoms with E-state index in [-0.39, 0.29) is 33.1 Å². The Hall–Kier alpha value is -3.07. The summed E-state index contributed by atoms with van der Waals surface area (Å²) in [6, 6.07) is 17.5. The van der Waals surface area contributed by atoms with Crippen LogP contribution in [-0.4, -0.2) is 43.3 Å². The molecule has 220 valence electrons. The first-order valence-electron chi connectivity index (χ1n) is 13.3. The molecule has 0 bridgehead atoms. The van der Waals surface area contributed by atoms with E-state index in [0.29, 0.717) is 6.42 Å². The van der Waals surface area contributed by atoms with Gasteiger partial charge in [0.05, 0.1) is 15.6 Å². The van der Waals surface area contributed by atoms with Crippen LogP contribution in [0.3, 0.4) is 0 Å². The van der Waals surface area contributed by atoms with Crippen LogP contribution >= 0.6 is 23.2 Å². The summed E-state index contributed by atoms with van der Waals surface area (Å²) >= 11 is 12.7. The summed E-state index contributed by atoms with van der Waals surface area (Å²) in [7, 11) is -4.26. The number of nitrogens with one attached hydrogen (secondary N) is 1. The first kappa shape index (κ1) is 32.4. The van der Waals surface area contributed by atoms with Gasteiger partial charge in [-0.15, -0.1) is 0 Å². The lowest BCUT2D eigenvalue weighted by molar-refractivity contribution is -0.141. The van der Waals surface area contributed by atoms with Crippen LogP contribution in [0.5, 0.6) is 0 Å². The molecule has 0 aliphatic carbocycles. The molecule has 0 aliphatic rings. The molecule has 0 saturated carbocycles. The lowest BCUT2D eigenvalue weighted by atomic mass is 10.0. The normalized spacial score (nSPS) is 12.5. The van der Waals surface area contributed by atoms with Gasteiger partial charge in [0.2, 0.25) is 11.8 Å². The minimum Gasteiger partial charge on any atom is -0.350 e. The van der Waals surface area contributed by atoms with E-state index in [1.54, 1.807) is 18.2 Å². The molecule has 41 heavy (non-hydrogen) atoms. The van der Waals surface area contributed by atoms with E-state index in [1.165, 1.54) is 29.2 Å². The molecule has 0 aromatic heterocycles. The van der Waals surface area contributed by atoms with Crippen molar-refractivity contribution in [3.63, 3.8) is 0 Å². The van der Waals surface area contributed by atoms with Crippen LogP contribution in [0.1, 0.15) is 50.8 Å². The molecule has 1 N–H and O–H groups in total. The van der Waals surface area contributed by atoms with Crippen molar-refractivity contribution in [2.24, 2.45) is 0 Å². The molecule has 10 heteroatoms. The zero-order valence-electron chi connectivity index (χ0n) is 24.2. The minimum atomic E-state index is -4.26. The van der Waals surface area contributed by atoms with E-state index in [9.17, 15) is 18.0 Å². The Bertz CT molecular complexity index is 1500. The van der Waals surface area contributed by atoms with Crippen LogP contribution in [0.25, 0.3) is 0 Å². The van der Waals surface area contributed by atoms with Crippen LogP contribution in [0.15, 0.2) is 71.6 Å². The summed E-state index contributed by atoms with van der Waals surface area (Å²) in [6.07, 6.45) is 0.322. The monoisotopic (exact) mass is 617 g/mol. The smallest absolute Gasteiger partial charge is 0.264 e. The Morgan fingerprint density at radius 2 is 1.59 bits per heavy atom. The predicted molar refractivity (Wildman–Crippen MR) is 166 cm³/mol. The van der Waals surface area contributed by atoms with Gasteiger partial charge in [-0.05, 0) is 82.5 Å². The Balaban J connectivity index is 2.13. The van der Waals surface area contributed by atoms with Crippen LogP contribution in [0, 0.1) is 13.8 Å². The summed E-state index contributed by atoms with van der Waals surface area (Å²) in [5, 5.41) is 3.34. The third-order valence-corrected chi connectivity index (χ3v) is 8.88. The number of aryl methyl sites for hydroxylation is 2. The van der Waals surface area contributed by atoms with Gasteiger partial charge in [-0.2, -0.15) is 0 Å². The number of carbonyl (C=O) groups excluding carboxylic acids is 2. The third kappa shape index (κ3) is 8.24. The second-order valence-electron chi connectivity index (χ2n) is 11.0. The minimum absolute atomic E-state index is 0.00471. The van der Waals surface area contributed by atoms with E-state index in [2.05, 4.69) is 5.32 Å². The Morgan fingerprint density at radius 3 is 2.17 bits per heavy atom. The van der Waals surface area contributed by atoms with Gasteiger partial charge in [0.1, 0.15) is 12.6 Å². The zero-order valence-corrected chi connectivity index (χ0v) is 26.6. The maximum Gasteiger partial charge on any atom is 0.264 e. The molecule has 0 radical (unpaired) electrons. The number of anilines is 1. The highest BCUT2D eigenvalue weighted by Gasteiger charge is 2.35. The average Bonchev–Trinajstić information content (AvgIpc) is 2.88. The molecular weight excluding hydrogens is 581 g/mol. The second kappa shape index (κ2) is 13.3. The van der Waals surface area contributed by atoms with Crippen molar-refractivity contribution in [1.82, 2.24) is 10.2 Å². The van der Waals surface area contributed by atoms with Crippen molar-refractivity contribution < 1.29 is 18.0 Å². The van der Waals surface area contributed by atoms with Crippen LogP contribution in [0.2, 0.25) is 10.0 Å². The fourth-order valence-electron chi connectivity index (χ4n) is 4.37. The Labute approximate surface area is 253 Å². The highest BCUT2D eigenvalue weighted by atomic mass is 35.5. The van der Waals surface area contributed by atoms with Crippen LogP contribution in [-0.2, 0) is 26.2 Å². The van der Waals surface area contributed by atoms with Crippen molar-refractivity contribution in [3.8, 4) is 0 Å². The van der Waals surface area contributed by atoms with Gasteiger partial charge in [-0.25, -0.2) is 8.42 Å². The van der Waals surface area contributed by atoms with E-state index in [4.69, 9.17) is 23.2 Å². The van der Waals surface area contributed by atoms with Crippen LogP contribution in [0.4, 0.5) is 5.69 Å². The summed E-state index contributed by atoms with van der Waals surface area (Å²) in [5.41, 5.74) is 2.20. The maximum atomic E-state index is 14.2. The second-order valence-corrected chi connectivity index (χ2v) is 13.7.